The molecule has 0 radical (unpaired) electrons. The van der Waals surface area contributed by atoms with E-state index in [-0.39, 0.29) is 11.6 Å². The fourth-order valence-corrected chi connectivity index (χ4v) is 3.69. The van der Waals surface area contributed by atoms with Crippen LogP contribution in [0.2, 0.25) is 5.02 Å². The first-order valence-corrected chi connectivity index (χ1v) is 7.95. The molecule has 3 aromatic rings. The summed E-state index contributed by atoms with van der Waals surface area (Å²) < 4.78 is 19.7. The maximum atomic E-state index is 13.9. The van der Waals surface area contributed by atoms with E-state index in [0.717, 1.165) is 10.3 Å². The molecular weight excluding hydrogens is 323 g/mol. The van der Waals surface area contributed by atoms with Crippen LogP contribution in [0.5, 0.6) is 0 Å². The molecule has 1 aromatic heterocycles. The average molecular weight is 335 g/mol. The molecular formula is C17H12ClFO2S. The second-order valence-electron chi connectivity index (χ2n) is 4.66. The predicted molar refractivity (Wildman–Crippen MR) is 88.2 cm³/mol. The fraction of sp³-hybridized carbons (Fsp3) is 0.118. The minimum Gasteiger partial charge on any atom is -0.462 e. The van der Waals surface area contributed by atoms with Crippen molar-refractivity contribution < 1.29 is 13.9 Å². The topological polar surface area (TPSA) is 26.3 Å². The Morgan fingerprint density at radius 3 is 2.68 bits per heavy atom. The van der Waals surface area contributed by atoms with Gasteiger partial charge < -0.3 is 4.74 Å². The number of benzene rings is 2. The third kappa shape index (κ3) is 2.60. The van der Waals surface area contributed by atoms with Crippen molar-refractivity contribution in [2.75, 3.05) is 6.61 Å². The molecule has 0 atom stereocenters. The lowest BCUT2D eigenvalue weighted by atomic mass is 10.0. The summed E-state index contributed by atoms with van der Waals surface area (Å²) in [6, 6.07) is 12.3. The number of fused-ring (bicyclic) bond motifs is 1. The highest BCUT2D eigenvalue weighted by atomic mass is 35.5. The van der Waals surface area contributed by atoms with Crippen LogP contribution < -0.4 is 0 Å². The van der Waals surface area contributed by atoms with Crippen LogP contribution in [0.15, 0.2) is 42.5 Å². The minimum atomic E-state index is -0.500. The summed E-state index contributed by atoms with van der Waals surface area (Å²) in [6.07, 6.45) is 0. The molecule has 3 rings (SSSR count). The normalized spacial score (nSPS) is 10.9. The van der Waals surface area contributed by atoms with Gasteiger partial charge in [0.2, 0.25) is 0 Å². The van der Waals surface area contributed by atoms with Gasteiger partial charge in [-0.1, -0.05) is 41.9 Å². The lowest BCUT2D eigenvalue weighted by Gasteiger charge is -2.05. The van der Waals surface area contributed by atoms with Crippen LogP contribution >= 0.6 is 22.9 Å². The summed E-state index contributed by atoms with van der Waals surface area (Å²) in [7, 11) is 0. The Morgan fingerprint density at radius 2 is 2.00 bits per heavy atom. The van der Waals surface area contributed by atoms with Crippen molar-refractivity contribution in [2.24, 2.45) is 0 Å². The molecule has 1 heterocycles. The van der Waals surface area contributed by atoms with Crippen molar-refractivity contribution in [3.63, 3.8) is 0 Å². The molecule has 0 aliphatic carbocycles. The first-order chi connectivity index (χ1) is 10.6. The van der Waals surface area contributed by atoms with E-state index in [0.29, 0.717) is 15.8 Å². The number of rotatable bonds is 3. The Balaban J connectivity index is 2.32. The van der Waals surface area contributed by atoms with Gasteiger partial charge in [0.25, 0.3) is 0 Å². The zero-order valence-electron chi connectivity index (χ0n) is 11.7. The zero-order valence-corrected chi connectivity index (χ0v) is 13.3. The Bertz CT molecular complexity index is 843. The number of ether oxygens (including phenoxy) is 1. The van der Waals surface area contributed by atoms with Crippen LogP contribution in [0.3, 0.4) is 0 Å². The number of hydrogen-bond acceptors (Lipinski definition) is 3. The number of halogens is 2. The molecule has 0 fully saturated rings. The molecule has 0 unspecified atom stereocenters. The van der Waals surface area contributed by atoms with Gasteiger partial charge in [-0.3, -0.25) is 0 Å². The molecule has 22 heavy (non-hydrogen) atoms. The molecule has 0 aliphatic rings. The number of hydrogen-bond donors (Lipinski definition) is 0. The predicted octanol–water partition coefficient (Wildman–Crippen LogP) is 5.54. The van der Waals surface area contributed by atoms with E-state index in [1.807, 2.05) is 30.3 Å². The van der Waals surface area contributed by atoms with Gasteiger partial charge in [-0.25, -0.2) is 9.18 Å². The monoisotopic (exact) mass is 334 g/mol. The smallest absolute Gasteiger partial charge is 0.348 e. The Kier molecular flexibility index (Phi) is 4.14. The summed E-state index contributed by atoms with van der Waals surface area (Å²) in [5.41, 5.74) is 1.54. The van der Waals surface area contributed by atoms with Crippen molar-refractivity contribution >= 4 is 39.0 Å². The van der Waals surface area contributed by atoms with Gasteiger partial charge in [0.1, 0.15) is 10.7 Å². The van der Waals surface area contributed by atoms with Gasteiger partial charge in [0.05, 0.1) is 11.6 Å². The van der Waals surface area contributed by atoms with Crippen molar-refractivity contribution in [3.05, 3.63) is 58.2 Å². The molecule has 0 bridgehead atoms. The van der Waals surface area contributed by atoms with Gasteiger partial charge in [-0.15, -0.1) is 11.3 Å². The van der Waals surface area contributed by atoms with Crippen molar-refractivity contribution in [3.8, 4) is 11.1 Å². The second kappa shape index (κ2) is 6.07. The van der Waals surface area contributed by atoms with Crippen molar-refractivity contribution in [1.29, 1.82) is 0 Å². The highest BCUT2D eigenvalue weighted by Crippen LogP contribution is 2.41. The van der Waals surface area contributed by atoms with E-state index in [1.165, 1.54) is 17.4 Å². The van der Waals surface area contributed by atoms with Gasteiger partial charge in [0.15, 0.2) is 0 Å². The highest BCUT2D eigenvalue weighted by Gasteiger charge is 2.21. The maximum absolute atomic E-state index is 13.9. The quantitative estimate of drug-likeness (QED) is 0.588. The molecule has 2 aromatic carbocycles. The zero-order chi connectivity index (χ0) is 15.7. The summed E-state index contributed by atoms with van der Waals surface area (Å²) in [4.78, 5) is 12.7. The Labute approximate surface area is 136 Å². The lowest BCUT2D eigenvalue weighted by Crippen LogP contribution is -2.03. The molecule has 5 heteroatoms. The first kappa shape index (κ1) is 15.0. The summed E-state index contributed by atoms with van der Waals surface area (Å²) in [6.45, 7) is 2.04. The molecule has 0 saturated heterocycles. The maximum Gasteiger partial charge on any atom is 0.348 e. The number of thiophene rings is 1. The molecule has 0 N–H and O–H groups in total. The summed E-state index contributed by atoms with van der Waals surface area (Å²) >= 11 is 7.12. The Morgan fingerprint density at radius 1 is 1.27 bits per heavy atom. The van der Waals surface area contributed by atoms with E-state index < -0.39 is 11.8 Å². The van der Waals surface area contributed by atoms with Crippen LogP contribution in [0.4, 0.5) is 4.39 Å². The number of carbonyl (C=O) groups is 1. The summed E-state index contributed by atoms with van der Waals surface area (Å²) in [5, 5.41) is 0.713. The molecule has 0 aliphatic heterocycles. The van der Waals surface area contributed by atoms with Crippen LogP contribution in [-0.2, 0) is 4.74 Å². The SMILES string of the molecule is CCOC(=O)c1sc2cc(Cl)c(F)cc2c1-c1ccccc1. The molecule has 0 saturated carbocycles. The molecule has 0 amide bonds. The Hall–Kier alpha value is -1.91. The average Bonchev–Trinajstić information content (AvgIpc) is 2.87. The number of esters is 1. The van der Waals surface area contributed by atoms with E-state index >= 15 is 0 Å². The molecule has 0 spiro atoms. The van der Waals surface area contributed by atoms with E-state index in [4.69, 9.17) is 16.3 Å². The molecule has 2 nitrogen and oxygen atoms in total. The van der Waals surface area contributed by atoms with Crippen molar-refractivity contribution in [1.82, 2.24) is 0 Å². The largest absolute Gasteiger partial charge is 0.462 e. The summed E-state index contributed by atoms with van der Waals surface area (Å²) in [5.74, 6) is -0.904. The standard InChI is InChI=1S/C17H12ClFO2S/c1-2-21-17(20)16-15(10-6-4-3-5-7-10)11-8-13(19)12(18)9-14(11)22-16/h3-9H,2H2,1H3. The van der Waals surface area contributed by atoms with Gasteiger partial charge in [0, 0.05) is 15.6 Å². The fourth-order valence-electron chi connectivity index (χ4n) is 2.32. The van der Waals surface area contributed by atoms with E-state index in [1.54, 1.807) is 13.0 Å². The second-order valence-corrected chi connectivity index (χ2v) is 6.11. The first-order valence-electron chi connectivity index (χ1n) is 6.76. The van der Waals surface area contributed by atoms with E-state index in [2.05, 4.69) is 0 Å². The van der Waals surface area contributed by atoms with Crippen LogP contribution in [-0.4, -0.2) is 12.6 Å². The van der Waals surface area contributed by atoms with Crippen LogP contribution in [0.1, 0.15) is 16.6 Å². The number of carbonyl (C=O) groups excluding carboxylic acids is 1. The van der Waals surface area contributed by atoms with E-state index in [9.17, 15) is 9.18 Å². The van der Waals surface area contributed by atoms with Crippen LogP contribution in [0.25, 0.3) is 21.2 Å². The van der Waals surface area contributed by atoms with Crippen molar-refractivity contribution in [2.45, 2.75) is 6.92 Å². The molecule has 112 valence electrons. The third-order valence-electron chi connectivity index (χ3n) is 3.25. The third-order valence-corrected chi connectivity index (χ3v) is 4.68. The van der Waals surface area contributed by atoms with Gasteiger partial charge in [-0.2, -0.15) is 0 Å². The minimum absolute atomic E-state index is 0.0452. The van der Waals surface area contributed by atoms with Gasteiger partial charge in [-0.05, 0) is 24.6 Å². The lowest BCUT2D eigenvalue weighted by molar-refractivity contribution is 0.0533. The van der Waals surface area contributed by atoms with Crippen LogP contribution in [0, 0.1) is 5.82 Å². The highest BCUT2D eigenvalue weighted by molar-refractivity contribution is 7.21. The van der Waals surface area contributed by atoms with Gasteiger partial charge >= 0.3 is 5.97 Å².